The molecule has 0 saturated carbocycles. The lowest BCUT2D eigenvalue weighted by Crippen LogP contribution is -2.09. The lowest BCUT2D eigenvalue weighted by molar-refractivity contribution is 0.0735. The zero-order valence-corrected chi connectivity index (χ0v) is 10.7. The first-order chi connectivity index (χ1) is 8.58. The molecule has 0 heterocycles. The Hall–Kier alpha value is -1.71. The predicted molar refractivity (Wildman–Crippen MR) is 72.3 cm³/mol. The molecule has 0 bridgehead atoms. The summed E-state index contributed by atoms with van der Waals surface area (Å²) in [5, 5.41) is 0.449. The summed E-state index contributed by atoms with van der Waals surface area (Å²) in [7, 11) is 0. The number of ether oxygens (including phenoxy) is 1. The highest BCUT2D eigenvalue weighted by Crippen LogP contribution is 2.29. The molecule has 18 heavy (non-hydrogen) atoms. The van der Waals surface area contributed by atoms with Crippen LogP contribution < -0.4 is 10.5 Å². The van der Waals surface area contributed by atoms with Crippen LogP contribution >= 0.6 is 23.2 Å². The Morgan fingerprint density at radius 2 is 1.61 bits per heavy atom. The summed E-state index contributed by atoms with van der Waals surface area (Å²) in [6, 6.07) is 11.6. The van der Waals surface area contributed by atoms with Gasteiger partial charge in [-0.25, -0.2) is 4.79 Å². The maximum atomic E-state index is 11.8. The molecule has 5 heteroatoms. The maximum Gasteiger partial charge on any atom is 0.343 e. The molecule has 0 amide bonds. The van der Waals surface area contributed by atoms with E-state index in [1.165, 1.54) is 12.1 Å². The van der Waals surface area contributed by atoms with Crippen LogP contribution in [-0.4, -0.2) is 5.97 Å². The first kappa shape index (κ1) is 12.7. The van der Waals surface area contributed by atoms with E-state index in [0.717, 1.165) is 0 Å². The summed E-state index contributed by atoms with van der Waals surface area (Å²) < 4.78 is 5.15. The molecule has 2 rings (SSSR count). The Labute approximate surface area is 114 Å². The van der Waals surface area contributed by atoms with E-state index in [4.69, 9.17) is 33.7 Å². The molecule has 0 saturated heterocycles. The second-order valence-electron chi connectivity index (χ2n) is 3.56. The second-order valence-corrected chi connectivity index (χ2v) is 4.37. The van der Waals surface area contributed by atoms with Gasteiger partial charge in [-0.05, 0) is 24.3 Å². The van der Waals surface area contributed by atoms with Crippen molar-refractivity contribution < 1.29 is 9.53 Å². The summed E-state index contributed by atoms with van der Waals surface area (Å²) >= 11 is 11.7. The van der Waals surface area contributed by atoms with Crippen molar-refractivity contribution in [3.8, 4) is 5.75 Å². The summed E-state index contributed by atoms with van der Waals surface area (Å²) in [4.78, 5) is 11.8. The number of hydrogen-bond donors (Lipinski definition) is 1. The third-order valence-electron chi connectivity index (χ3n) is 2.27. The van der Waals surface area contributed by atoms with Gasteiger partial charge in [0.25, 0.3) is 0 Å². The Kier molecular flexibility index (Phi) is 3.75. The fourth-order valence-corrected chi connectivity index (χ4v) is 1.84. The van der Waals surface area contributed by atoms with Crippen molar-refractivity contribution in [3.05, 3.63) is 58.1 Å². The number of hydrogen-bond acceptors (Lipinski definition) is 3. The third kappa shape index (κ3) is 2.75. The summed E-state index contributed by atoms with van der Waals surface area (Å²) in [6.45, 7) is 0. The predicted octanol–water partition coefficient (Wildman–Crippen LogP) is 3.79. The SMILES string of the molecule is Nc1c(Cl)cc(C(=O)Oc2ccccc2)cc1Cl. The quantitative estimate of drug-likeness (QED) is 0.518. The molecule has 0 radical (unpaired) electrons. The molecule has 2 aromatic carbocycles. The molecular weight excluding hydrogens is 273 g/mol. The van der Waals surface area contributed by atoms with Gasteiger partial charge in [-0.3, -0.25) is 0 Å². The van der Waals surface area contributed by atoms with Crippen molar-refractivity contribution in [2.75, 3.05) is 5.73 Å². The molecule has 2 N–H and O–H groups in total. The molecule has 0 aliphatic rings. The van der Waals surface area contributed by atoms with Crippen LogP contribution in [0.15, 0.2) is 42.5 Å². The topological polar surface area (TPSA) is 52.3 Å². The molecule has 0 atom stereocenters. The van der Waals surface area contributed by atoms with Gasteiger partial charge in [0, 0.05) is 0 Å². The highest BCUT2D eigenvalue weighted by molar-refractivity contribution is 6.39. The van der Waals surface area contributed by atoms with Crippen LogP contribution in [0.1, 0.15) is 10.4 Å². The number of carbonyl (C=O) groups excluding carboxylic acids is 1. The number of nitrogen functional groups attached to an aromatic ring is 1. The van der Waals surface area contributed by atoms with Gasteiger partial charge in [0.2, 0.25) is 0 Å². The van der Waals surface area contributed by atoms with Crippen LogP contribution in [0.3, 0.4) is 0 Å². The standard InChI is InChI=1S/C13H9Cl2NO2/c14-10-6-8(7-11(15)12(10)16)13(17)18-9-4-2-1-3-5-9/h1-7H,16H2. The fourth-order valence-electron chi connectivity index (χ4n) is 1.36. The number of halogens is 2. The van der Waals surface area contributed by atoms with Gasteiger partial charge in [-0.2, -0.15) is 0 Å². The first-order valence-corrected chi connectivity index (χ1v) is 5.85. The number of carbonyl (C=O) groups is 1. The highest BCUT2D eigenvalue weighted by Gasteiger charge is 2.13. The lowest BCUT2D eigenvalue weighted by atomic mass is 10.2. The number of para-hydroxylation sites is 1. The van der Waals surface area contributed by atoms with E-state index >= 15 is 0 Å². The number of rotatable bonds is 2. The van der Waals surface area contributed by atoms with E-state index in [9.17, 15) is 4.79 Å². The van der Waals surface area contributed by atoms with Crippen LogP contribution in [0.2, 0.25) is 10.0 Å². The highest BCUT2D eigenvalue weighted by atomic mass is 35.5. The van der Waals surface area contributed by atoms with Gasteiger partial charge in [0.05, 0.1) is 21.3 Å². The molecule has 0 unspecified atom stereocenters. The molecule has 3 nitrogen and oxygen atoms in total. The minimum atomic E-state index is -0.537. The zero-order valence-electron chi connectivity index (χ0n) is 9.19. The van der Waals surface area contributed by atoms with Crippen LogP contribution in [0, 0.1) is 0 Å². The minimum absolute atomic E-state index is 0.225. The molecule has 2 aromatic rings. The van der Waals surface area contributed by atoms with Crippen LogP contribution in [0.4, 0.5) is 5.69 Å². The van der Waals surface area contributed by atoms with E-state index in [2.05, 4.69) is 0 Å². The smallest absolute Gasteiger partial charge is 0.343 e. The first-order valence-electron chi connectivity index (χ1n) is 5.09. The van der Waals surface area contributed by atoms with Crippen molar-refractivity contribution in [2.45, 2.75) is 0 Å². The van der Waals surface area contributed by atoms with E-state index < -0.39 is 5.97 Å². The summed E-state index contributed by atoms with van der Waals surface area (Å²) in [5.74, 6) is -0.0865. The van der Waals surface area contributed by atoms with Gasteiger partial charge >= 0.3 is 5.97 Å². The average Bonchev–Trinajstić information content (AvgIpc) is 2.36. The molecule has 0 aliphatic heterocycles. The average molecular weight is 282 g/mol. The van der Waals surface area contributed by atoms with Crippen molar-refractivity contribution in [1.29, 1.82) is 0 Å². The fraction of sp³-hybridized carbons (Fsp3) is 0. The van der Waals surface area contributed by atoms with Crippen molar-refractivity contribution in [3.63, 3.8) is 0 Å². The van der Waals surface area contributed by atoms with Crippen LogP contribution in [0.5, 0.6) is 5.75 Å². The molecule has 0 fully saturated rings. The van der Waals surface area contributed by atoms with Gasteiger partial charge in [0.15, 0.2) is 0 Å². The Bertz CT molecular complexity index is 562. The lowest BCUT2D eigenvalue weighted by Gasteiger charge is -2.06. The van der Waals surface area contributed by atoms with Gasteiger partial charge in [0.1, 0.15) is 5.75 Å². The van der Waals surface area contributed by atoms with Crippen molar-refractivity contribution >= 4 is 34.9 Å². The zero-order chi connectivity index (χ0) is 13.1. The Morgan fingerprint density at radius 1 is 1.06 bits per heavy atom. The number of anilines is 1. The number of esters is 1. The Balaban J connectivity index is 2.25. The molecule has 0 aliphatic carbocycles. The third-order valence-corrected chi connectivity index (χ3v) is 2.89. The van der Waals surface area contributed by atoms with Gasteiger partial charge in [-0.15, -0.1) is 0 Å². The second kappa shape index (κ2) is 5.29. The van der Waals surface area contributed by atoms with E-state index in [-0.39, 0.29) is 21.3 Å². The van der Waals surface area contributed by atoms with E-state index in [1.807, 2.05) is 6.07 Å². The number of benzene rings is 2. The van der Waals surface area contributed by atoms with Crippen molar-refractivity contribution in [2.24, 2.45) is 0 Å². The summed E-state index contributed by atoms with van der Waals surface area (Å²) in [5.41, 5.74) is 6.09. The van der Waals surface area contributed by atoms with Gasteiger partial charge in [-0.1, -0.05) is 41.4 Å². The van der Waals surface area contributed by atoms with Crippen LogP contribution in [-0.2, 0) is 0 Å². The molecule has 0 aromatic heterocycles. The normalized spacial score (nSPS) is 10.1. The van der Waals surface area contributed by atoms with Gasteiger partial charge < -0.3 is 10.5 Å². The molecule has 0 spiro atoms. The van der Waals surface area contributed by atoms with Crippen LogP contribution in [0.25, 0.3) is 0 Å². The molecular formula is C13H9Cl2NO2. The molecule has 92 valence electrons. The Morgan fingerprint density at radius 3 is 2.17 bits per heavy atom. The summed E-state index contributed by atoms with van der Waals surface area (Å²) in [6.07, 6.45) is 0. The maximum absolute atomic E-state index is 11.8. The minimum Gasteiger partial charge on any atom is -0.423 e. The monoisotopic (exact) mass is 281 g/mol. The van der Waals surface area contributed by atoms with Crippen molar-refractivity contribution in [1.82, 2.24) is 0 Å². The van der Waals surface area contributed by atoms with E-state index in [0.29, 0.717) is 5.75 Å². The number of nitrogens with two attached hydrogens (primary N) is 1. The largest absolute Gasteiger partial charge is 0.423 e. The van der Waals surface area contributed by atoms with E-state index in [1.54, 1.807) is 24.3 Å².